The van der Waals surface area contributed by atoms with Crippen molar-refractivity contribution >= 4 is 21.7 Å². The number of methoxy groups -OCH3 is 1. The molecule has 0 fully saturated rings. The fourth-order valence-electron chi connectivity index (χ4n) is 4.12. The maximum atomic E-state index is 6.61. The summed E-state index contributed by atoms with van der Waals surface area (Å²) in [6.45, 7) is 0. The molecule has 6 rings (SSSR count). The van der Waals surface area contributed by atoms with Crippen LogP contribution in [0.2, 0.25) is 0 Å². The third-order valence-corrected chi connectivity index (χ3v) is 5.67. The molecule has 0 amide bonds. The Morgan fingerprint density at radius 2 is 1.45 bits per heavy atom. The Morgan fingerprint density at radius 3 is 2.26 bits per heavy atom. The van der Waals surface area contributed by atoms with Crippen LogP contribution in [0, 0.1) is 0 Å². The minimum atomic E-state index is -1.16. The van der Waals surface area contributed by atoms with Crippen molar-refractivity contribution in [3.05, 3.63) is 102 Å². The molecule has 1 aliphatic rings. The van der Waals surface area contributed by atoms with E-state index in [1.54, 1.807) is 7.11 Å². The lowest BCUT2D eigenvalue weighted by molar-refractivity contribution is -0.0471. The minimum absolute atomic E-state index is 0.426. The van der Waals surface area contributed by atoms with Crippen molar-refractivity contribution in [2.24, 2.45) is 0 Å². The summed E-state index contributed by atoms with van der Waals surface area (Å²) in [7, 11) is 1.65. The van der Waals surface area contributed by atoms with Gasteiger partial charge >= 0.3 is 5.79 Å². The SMILES string of the molecule is COc1ccc(C2(c3ccccc3)Oc3ncc4c(ncc5ccccc54)c3O2)cc1. The second-order valence-corrected chi connectivity index (χ2v) is 7.42. The summed E-state index contributed by atoms with van der Waals surface area (Å²) in [4.78, 5) is 9.30. The highest BCUT2D eigenvalue weighted by molar-refractivity contribution is 6.07. The first-order valence-electron chi connectivity index (χ1n) is 10.0. The van der Waals surface area contributed by atoms with Crippen molar-refractivity contribution in [1.29, 1.82) is 0 Å². The predicted octanol–water partition coefficient (Wildman–Crippen LogP) is 5.46. The molecule has 0 saturated heterocycles. The summed E-state index contributed by atoms with van der Waals surface area (Å²) < 4.78 is 18.4. The number of hydrogen-bond acceptors (Lipinski definition) is 5. The summed E-state index contributed by atoms with van der Waals surface area (Å²) in [5.41, 5.74) is 2.44. The molecular weight excluding hydrogens is 388 g/mol. The van der Waals surface area contributed by atoms with Gasteiger partial charge in [0.05, 0.1) is 7.11 Å². The molecule has 1 aliphatic heterocycles. The molecule has 0 spiro atoms. The highest BCUT2D eigenvalue weighted by Crippen LogP contribution is 2.49. The van der Waals surface area contributed by atoms with Gasteiger partial charge < -0.3 is 14.2 Å². The van der Waals surface area contributed by atoms with Crippen molar-refractivity contribution < 1.29 is 14.2 Å². The third-order valence-electron chi connectivity index (χ3n) is 5.67. The van der Waals surface area contributed by atoms with Crippen LogP contribution < -0.4 is 14.2 Å². The van der Waals surface area contributed by atoms with E-state index in [-0.39, 0.29) is 0 Å². The maximum absolute atomic E-state index is 6.61. The molecule has 2 aromatic heterocycles. The first kappa shape index (κ1) is 17.7. The Balaban J connectivity index is 1.57. The Bertz CT molecular complexity index is 1420. The molecule has 0 N–H and O–H groups in total. The van der Waals surface area contributed by atoms with E-state index < -0.39 is 5.79 Å². The lowest BCUT2D eigenvalue weighted by atomic mass is 9.97. The number of aromatic nitrogens is 2. The van der Waals surface area contributed by atoms with Crippen LogP contribution in [0.5, 0.6) is 17.4 Å². The van der Waals surface area contributed by atoms with Crippen molar-refractivity contribution in [2.75, 3.05) is 7.11 Å². The number of fused-ring (bicyclic) bond motifs is 5. The van der Waals surface area contributed by atoms with Gasteiger partial charge in [-0.15, -0.1) is 0 Å². The van der Waals surface area contributed by atoms with Gasteiger partial charge in [-0.25, -0.2) is 4.98 Å². The second kappa shape index (κ2) is 6.71. The summed E-state index contributed by atoms with van der Waals surface area (Å²) in [6, 6.07) is 25.7. The Hall–Kier alpha value is -4.12. The molecule has 5 nitrogen and oxygen atoms in total. The number of nitrogens with zero attached hydrogens (tertiary/aromatic N) is 2. The van der Waals surface area contributed by atoms with Crippen LogP contribution in [0.3, 0.4) is 0 Å². The number of benzene rings is 3. The quantitative estimate of drug-likeness (QED) is 0.372. The van der Waals surface area contributed by atoms with Gasteiger partial charge in [-0.2, -0.15) is 0 Å². The molecule has 3 aromatic carbocycles. The average molecular weight is 406 g/mol. The maximum Gasteiger partial charge on any atom is 0.307 e. The van der Waals surface area contributed by atoms with Gasteiger partial charge in [0.25, 0.3) is 5.88 Å². The van der Waals surface area contributed by atoms with Crippen LogP contribution in [0.25, 0.3) is 21.7 Å². The van der Waals surface area contributed by atoms with Crippen molar-refractivity contribution in [2.45, 2.75) is 5.79 Å². The molecule has 1 unspecified atom stereocenters. The van der Waals surface area contributed by atoms with Crippen LogP contribution in [0.1, 0.15) is 11.1 Å². The molecule has 0 bridgehead atoms. The number of pyridine rings is 2. The highest BCUT2D eigenvalue weighted by Gasteiger charge is 2.47. The third kappa shape index (κ3) is 2.63. The molecule has 0 aliphatic carbocycles. The zero-order valence-corrected chi connectivity index (χ0v) is 16.8. The van der Waals surface area contributed by atoms with E-state index in [9.17, 15) is 0 Å². The molecule has 150 valence electrons. The molecule has 31 heavy (non-hydrogen) atoms. The summed E-state index contributed by atoms with van der Waals surface area (Å²) >= 11 is 0. The smallest absolute Gasteiger partial charge is 0.307 e. The van der Waals surface area contributed by atoms with E-state index in [1.165, 1.54) is 0 Å². The van der Waals surface area contributed by atoms with Gasteiger partial charge in [-0.3, -0.25) is 4.98 Å². The topological polar surface area (TPSA) is 53.5 Å². The van der Waals surface area contributed by atoms with Gasteiger partial charge in [0, 0.05) is 34.3 Å². The van der Waals surface area contributed by atoms with E-state index in [0.717, 1.165) is 38.6 Å². The van der Waals surface area contributed by atoms with Crippen molar-refractivity contribution in [3.63, 3.8) is 0 Å². The lowest BCUT2D eigenvalue weighted by Crippen LogP contribution is -2.36. The van der Waals surface area contributed by atoms with Gasteiger partial charge in [-0.1, -0.05) is 54.6 Å². The van der Waals surface area contributed by atoms with E-state index in [4.69, 9.17) is 19.2 Å². The number of rotatable bonds is 3. The van der Waals surface area contributed by atoms with Crippen LogP contribution in [0.15, 0.2) is 91.3 Å². The van der Waals surface area contributed by atoms with Crippen LogP contribution >= 0.6 is 0 Å². The van der Waals surface area contributed by atoms with Crippen molar-refractivity contribution in [3.8, 4) is 17.4 Å². The largest absolute Gasteiger partial charge is 0.497 e. The monoisotopic (exact) mass is 406 g/mol. The normalized spacial score (nSPS) is 17.2. The molecule has 0 radical (unpaired) electrons. The Kier molecular flexibility index (Phi) is 3.83. The molecule has 5 heteroatoms. The fourth-order valence-corrected chi connectivity index (χ4v) is 4.12. The summed E-state index contributed by atoms with van der Waals surface area (Å²) in [5, 5.41) is 3.06. The van der Waals surface area contributed by atoms with E-state index in [1.807, 2.05) is 85.2 Å². The number of ether oxygens (including phenoxy) is 3. The van der Waals surface area contributed by atoms with Crippen LogP contribution in [-0.4, -0.2) is 17.1 Å². The standard InChI is InChI=1S/C26H18N2O3/c1-29-20-13-11-19(12-14-20)26(18-8-3-2-4-9-18)30-24-23-22(16-28-25(24)31-26)21-10-6-5-7-17(21)15-27-23/h2-16H,1H3. The highest BCUT2D eigenvalue weighted by atomic mass is 16.7. The molecule has 1 atom stereocenters. The van der Waals surface area contributed by atoms with Gasteiger partial charge in [0.15, 0.2) is 0 Å². The lowest BCUT2D eigenvalue weighted by Gasteiger charge is -2.28. The van der Waals surface area contributed by atoms with Crippen LogP contribution in [0.4, 0.5) is 0 Å². The molecule has 0 saturated carbocycles. The Morgan fingerprint density at radius 1 is 0.710 bits per heavy atom. The van der Waals surface area contributed by atoms with E-state index in [2.05, 4.69) is 11.1 Å². The first-order chi connectivity index (χ1) is 15.3. The van der Waals surface area contributed by atoms with Gasteiger partial charge in [0.2, 0.25) is 5.75 Å². The van der Waals surface area contributed by atoms with Crippen molar-refractivity contribution in [1.82, 2.24) is 9.97 Å². The number of hydrogen-bond donors (Lipinski definition) is 0. The van der Waals surface area contributed by atoms with Gasteiger partial charge in [-0.05, 0) is 29.7 Å². The second-order valence-electron chi connectivity index (χ2n) is 7.42. The van der Waals surface area contributed by atoms with E-state index >= 15 is 0 Å². The van der Waals surface area contributed by atoms with Gasteiger partial charge in [0.1, 0.15) is 11.3 Å². The van der Waals surface area contributed by atoms with Crippen LogP contribution in [-0.2, 0) is 5.79 Å². The predicted molar refractivity (Wildman–Crippen MR) is 119 cm³/mol. The zero-order chi connectivity index (χ0) is 20.8. The first-order valence-corrected chi connectivity index (χ1v) is 10.0. The fraction of sp³-hybridized carbons (Fsp3) is 0.0769. The molecular formula is C26H18N2O3. The Labute approximate surface area is 178 Å². The summed E-state index contributed by atoms with van der Waals surface area (Å²) in [5.74, 6) is 0.571. The zero-order valence-electron chi connectivity index (χ0n) is 16.8. The summed E-state index contributed by atoms with van der Waals surface area (Å²) in [6.07, 6.45) is 3.67. The van der Waals surface area contributed by atoms with E-state index in [0.29, 0.717) is 11.6 Å². The molecule has 3 heterocycles. The molecule has 5 aromatic rings. The minimum Gasteiger partial charge on any atom is -0.497 e. The average Bonchev–Trinajstić information content (AvgIpc) is 3.26.